The zero-order valence-corrected chi connectivity index (χ0v) is 16.4. The van der Waals surface area contributed by atoms with E-state index in [0.29, 0.717) is 10.0 Å². The zero-order chi connectivity index (χ0) is 18.1. The van der Waals surface area contributed by atoms with Gasteiger partial charge in [-0.3, -0.25) is 4.99 Å². The molecule has 2 rings (SSSR count). The van der Waals surface area contributed by atoms with Crippen LogP contribution in [0.4, 0.5) is 0 Å². The van der Waals surface area contributed by atoms with E-state index in [1.807, 2.05) is 18.2 Å². The fraction of sp³-hybridized carbons (Fsp3) is 0.611. The van der Waals surface area contributed by atoms with E-state index in [4.69, 9.17) is 32.7 Å². The number of methoxy groups -OCH3 is 1. The third-order valence-electron chi connectivity index (χ3n) is 4.59. The van der Waals surface area contributed by atoms with E-state index >= 15 is 0 Å². The number of ether oxygens (including phenoxy) is 2. The highest BCUT2D eigenvalue weighted by molar-refractivity contribution is 6.35. The van der Waals surface area contributed by atoms with Crippen LogP contribution in [0.1, 0.15) is 24.8 Å². The van der Waals surface area contributed by atoms with Gasteiger partial charge in [0.1, 0.15) is 0 Å². The normalized spacial score (nSPS) is 17.4. The molecule has 2 N–H and O–H groups in total. The van der Waals surface area contributed by atoms with Gasteiger partial charge in [-0.25, -0.2) is 0 Å². The van der Waals surface area contributed by atoms with Gasteiger partial charge in [0.25, 0.3) is 0 Å². The number of guanidine groups is 1. The van der Waals surface area contributed by atoms with Crippen molar-refractivity contribution in [2.45, 2.75) is 24.7 Å². The summed E-state index contributed by atoms with van der Waals surface area (Å²) >= 11 is 12.6. The van der Waals surface area contributed by atoms with E-state index in [2.05, 4.69) is 15.6 Å². The number of rotatable bonds is 7. The molecule has 25 heavy (non-hydrogen) atoms. The molecular formula is C18H27Cl2N3O2. The summed E-state index contributed by atoms with van der Waals surface area (Å²) in [5.41, 5.74) is 1.02. The lowest BCUT2D eigenvalue weighted by atomic mass is 9.74. The summed E-state index contributed by atoms with van der Waals surface area (Å²) in [4.78, 5) is 4.30. The van der Waals surface area contributed by atoms with Gasteiger partial charge in [-0.2, -0.15) is 0 Å². The lowest BCUT2D eigenvalue weighted by molar-refractivity contribution is 0.0514. The van der Waals surface area contributed by atoms with Gasteiger partial charge >= 0.3 is 0 Å². The summed E-state index contributed by atoms with van der Waals surface area (Å²) in [5.74, 6) is 0.784. The summed E-state index contributed by atoms with van der Waals surface area (Å²) in [6, 6.07) is 5.75. The molecule has 0 aromatic heterocycles. The molecule has 1 heterocycles. The summed E-state index contributed by atoms with van der Waals surface area (Å²) in [7, 11) is 3.48. The van der Waals surface area contributed by atoms with Crippen LogP contribution in [0.15, 0.2) is 23.2 Å². The lowest BCUT2D eigenvalue weighted by Crippen LogP contribution is -2.48. The molecule has 0 spiro atoms. The standard InChI is InChI=1S/C18H27Cl2N3O2/c1-21-17(22-8-3-9-24-2)23-13-18(6-10-25-11-7-18)15-5-4-14(19)12-16(15)20/h4-5,12H,3,6-11,13H2,1-2H3,(H2,21,22,23). The van der Waals surface area contributed by atoms with Gasteiger partial charge in [0, 0.05) is 62.5 Å². The predicted octanol–water partition coefficient (Wildman–Crippen LogP) is 3.24. The molecule has 1 aromatic rings. The maximum Gasteiger partial charge on any atom is 0.191 e. The summed E-state index contributed by atoms with van der Waals surface area (Å²) in [6.07, 6.45) is 2.74. The van der Waals surface area contributed by atoms with Gasteiger partial charge in [-0.15, -0.1) is 0 Å². The molecule has 0 bridgehead atoms. The molecule has 0 amide bonds. The average Bonchev–Trinajstić information content (AvgIpc) is 2.62. The van der Waals surface area contributed by atoms with Crippen LogP contribution in [0.25, 0.3) is 0 Å². The molecule has 1 aromatic carbocycles. The van der Waals surface area contributed by atoms with Crippen molar-refractivity contribution in [1.82, 2.24) is 10.6 Å². The fourth-order valence-corrected chi connectivity index (χ4v) is 3.73. The Hall–Kier alpha value is -1.01. The molecule has 140 valence electrons. The second-order valence-electron chi connectivity index (χ2n) is 6.22. The van der Waals surface area contributed by atoms with E-state index in [1.165, 1.54) is 0 Å². The van der Waals surface area contributed by atoms with Crippen LogP contribution in [0.5, 0.6) is 0 Å². The molecule has 1 aliphatic rings. The van der Waals surface area contributed by atoms with Crippen LogP contribution >= 0.6 is 23.2 Å². The van der Waals surface area contributed by atoms with E-state index in [1.54, 1.807) is 14.2 Å². The molecule has 7 heteroatoms. The first kappa shape index (κ1) is 20.3. The molecule has 0 atom stereocenters. The third-order valence-corrected chi connectivity index (χ3v) is 5.14. The Bertz CT molecular complexity index is 575. The van der Waals surface area contributed by atoms with E-state index in [-0.39, 0.29) is 5.41 Å². The lowest BCUT2D eigenvalue weighted by Gasteiger charge is -2.39. The summed E-state index contributed by atoms with van der Waals surface area (Å²) in [6.45, 7) is 3.72. The minimum absolute atomic E-state index is 0.0932. The fourth-order valence-electron chi connectivity index (χ4n) is 3.12. The van der Waals surface area contributed by atoms with Gasteiger partial charge < -0.3 is 20.1 Å². The predicted molar refractivity (Wildman–Crippen MR) is 104 cm³/mol. The molecule has 1 fully saturated rings. The highest BCUT2D eigenvalue weighted by Crippen LogP contribution is 2.39. The van der Waals surface area contributed by atoms with Crippen molar-refractivity contribution in [3.63, 3.8) is 0 Å². The summed E-state index contributed by atoms with van der Waals surface area (Å²) in [5, 5.41) is 8.12. The number of aliphatic imine (C=N–C) groups is 1. The number of nitrogens with one attached hydrogen (secondary N) is 2. The molecule has 0 unspecified atom stereocenters. The van der Waals surface area contributed by atoms with Crippen molar-refractivity contribution in [2.75, 3.05) is 47.1 Å². The van der Waals surface area contributed by atoms with Crippen LogP contribution in [-0.2, 0) is 14.9 Å². The van der Waals surface area contributed by atoms with Gasteiger partial charge in [0.05, 0.1) is 0 Å². The topological polar surface area (TPSA) is 54.9 Å². The third kappa shape index (κ3) is 5.74. The number of benzene rings is 1. The van der Waals surface area contributed by atoms with E-state index < -0.39 is 0 Å². The number of halogens is 2. The Balaban J connectivity index is 2.07. The highest BCUT2D eigenvalue weighted by Gasteiger charge is 2.36. The van der Waals surface area contributed by atoms with Crippen molar-refractivity contribution in [3.8, 4) is 0 Å². The summed E-state index contributed by atoms with van der Waals surface area (Å²) < 4.78 is 10.6. The number of hydrogen-bond donors (Lipinski definition) is 2. The van der Waals surface area contributed by atoms with Crippen LogP contribution < -0.4 is 10.6 Å². The molecule has 5 nitrogen and oxygen atoms in total. The number of hydrogen-bond acceptors (Lipinski definition) is 3. The second kappa shape index (κ2) is 10.2. The SMILES string of the molecule is CN=C(NCCCOC)NCC1(c2ccc(Cl)cc2Cl)CCOCC1. The second-order valence-corrected chi connectivity index (χ2v) is 7.06. The Morgan fingerprint density at radius 1 is 1.28 bits per heavy atom. The Labute approximate surface area is 160 Å². The van der Waals surface area contributed by atoms with Crippen LogP contribution in [0, 0.1) is 0 Å². The smallest absolute Gasteiger partial charge is 0.191 e. The Kier molecular flexibility index (Phi) is 8.30. The largest absolute Gasteiger partial charge is 0.385 e. The molecular weight excluding hydrogens is 361 g/mol. The van der Waals surface area contributed by atoms with Gasteiger partial charge in [0.2, 0.25) is 0 Å². The minimum atomic E-state index is -0.0932. The van der Waals surface area contributed by atoms with Crippen molar-refractivity contribution in [2.24, 2.45) is 4.99 Å². The first-order valence-corrected chi connectivity index (χ1v) is 9.33. The number of nitrogens with zero attached hydrogens (tertiary/aromatic N) is 1. The van der Waals surface area contributed by atoms with Crippen LogP contribution in [-0.4, -0.2) is 53.0 Å². The first-order valence-electron chi connectivity index (χ1n) is 8.58. The van der Waals surface area contributed by atoms with E-state index in [0.717, 1.165) is 63.7 Å². The monoisotopic (exact) mass is 387 g/mol. The quantitative estimate of drug-likeness (QED) is 0.428. The first-order chi connectivity index (χ1) is 12.1. The van der Waals surface area contributed by atoms with Crippen molar-refractivity contribution < 1.29 is 9.47 Å². The highest BCUT2D eigenvalue weighted by atomic mass is 35.5. The molecule has 1 aliphatic heterocycles. The molecule has 0 aliphatic carbocycles. The van der Waals surface area contributed by atoms with Crippen molar-refractivity contribution in [1.29, 1.82) is 0 Å². The molecule has 0 radical (unpaired) electrons. The van der Waals surface area contributed by atoms with Gasteiger partial charge in [0.15, 0.2) is 5.96 Å². The van der Waals surface area contributed by atoms with Crippen molar-refractivity contribution >= 4 is 29.2 Å². The Morgan fingerprint density at radius 2 is 2.04 bits per heavy atom. The van der Waals surface area contributed by atoms with Gasteiger partial charge in [-0.1, -0.05) is 29.3 Å². The van der Waals surface area contributed by atoms with Crippen molar-refractivity contribution in [3.05, 3.63) is 33.8 Å². The molecule has 1 saturated heterocycles. The van der Waals surface area contributed by atoms with Gasteiger partial charge in [-0.05, 0) is 37.0 Å². The average molecular weight is 388 g/mol. The van der Waals surface area contributed by atoms with E-state index in [9.17, 15) is 0 Å². The van der Waals surface area contributed by atoms with Crippen LogP contribution in [0.3, 0.4) is 0 Å². The molecule has 0 saturated carbocycles. The van der Waals surface area contributed by atoms with Crippen LogP contribution in [0.2, 0.25) is 10.0 Å². The zero-order valence-electron chi connectivity index (χ0n) is 14.9. The minimum Gasteiger partial charge on any atom is -0.385 e. The Morgan fingerprint density at radius 3 is 2.68 bits per heavy atom. The maximum absolute atomic E-state index is 6.51. The maximum atomic E-state index is 6.51.